The third kappa shape index (κ3) is 2.92. The summed E-state index contributed by atoms with van der Waals surface area (Å²) in [6.07, 6.45) is 1.18. The number of ether oxygens (including phenoxy) is 1. The number of rotatable bonds is 4. The van der Waals surface area contributed by atoms with E-state index in [1.165, 1.54) is 25.4 Å². The number of benzene rings is 1. The topological polar surface area (TPSA) is 88.5 Å². The van der Waals surface area contributed by atoms with Crippen LogP contribution >= 0.6 is 0 Å². The molecule has 6 nitrogen and oxygen atoms in total. The molecule has 0 aliphatic rings. The van der Waals surface area contributed by atoms with Gasteiger partial charge in [0.1, 0.15) is 11.6 Å². The molecule has 0 aliphatic carbocycles. The van der Waals surface area contributed by atoms with Gasteiger partial charge in [-0.15, -0.1) is 0 Å². The van der Waals surface area contributed by atoms with Gasteiger partial charge in [-0.3, -0.25) is 4.79 Å². The summed E-state index contributed by atoms with van der Waals surface area (Å²) in [7, 11) is 1.48. The lowest BCUT2D eigenvalue weighted by Gasteiger charge is -2.08. The fourth-order valence-electron chi connectivity index (χ4n) is 1.61. The second kappa shape index (κ2) is 5.83. The molecule has 0 saturated carbocycles. The van der Waals surface area contributed by atoms with Crippen molar-refractivity contribution in [3.05, 3.63) is 53.7 Å². The molecule has 0 unspecified atom stereocenters. The van der Waals surface area contributed by atoms with Crippen LogP contribution in [0.15, 0.2) is 42.6 Å². The summed E-state index contributed by atoms with van der Waals surface area (Å²) in [5.74, 6) is -0.726. The van der Waals surface area contributed by atoms with Gasteiger partial charge < -0.3 is 15.2 Å². The van der Waals surface area contributed by atoms with Gasteiger partial charge in [0.05, 0.1) is 18.2 Å². The van der Waals surface area contributed by atoms with Crippen molar-refractivity contribution in [2.45, 2.75) is 0 Å². The van der Waals surface area contributed by atoms with E-state index < -0.39 is 5.97 Å². The molecule has 0 radical (unpaired) electrons. The molecular formula is C14H12N2O4. The minimum absolute atomic E-state index is 0.0558. The van der Waals surface area contributed by atoms with Crippen LogP contribution < -0.4 is 10.1 Å². The molecule has 1 heterocycles. The highest BCUT2D eigenvalue weighted by atomic mass is 16.5. The Hall–Kier alpha value is -2.89. The maximum absolute atomic E-state index is 12.1. The van der Waals surface area contributed by atoms with Crippen molar-refractivity contribution >= 4 is 17.7 Å². The fraction of sp³-hybridized carbons (Fsp3) is 0.0714. The zero-order valence-corrected chi connectivity index (χ0v) is 10.7. The Balaban J connectivity index is 2.17. The van der Waals surface area contributed by atoms with E-state index in [9.17, 15) is 9.59 Å². The summed E-state index contributed by atoms with van der Waals surface area (Å²) < 4.78 is 5.10. The molecule has 0 aliphatic heterocycles. The van der Waals surface area contributed by atoms with Gasteiger partial charge >= 0.3 is 5.97 Å². The molecule has 0 spiro atoms. The number of carbonyl (C=O) groups is 2. The lowest BCUT2D eigenvalue weighted by Crippen LogP contribution is -2.14. The minimum atomic E-state index is -1.07. The van der Waals surface area contributed by atoms with E-state index in [-0.39, 0.29) is 17.3 Å². The van der Waals surface area contributed by atoms with Crippen molar-refractivity contribution in [1.29, 1.82) is 0 Å². The number of nitrogens with one attached hydrogen (secondary N) is 1. The summed E-state index contributed by atoms with van der Waals surface area (Å²) in [4.78, 5) is 26.6. The highest BCUT2D eigenvalue weighted by Crippen LogP contribution is 2.18. The second-order valence-corrected chi connectivity index (χ2v) is 3.89. The van der Waals surface area contributed by atoms with Crippen LogP contribution in [0.5, 0.6) is 5.75 Å². The lowest BCUT2D eigenvalue weighted by atomic mass is 10.2. The third-order valence-corrected chi connectivity index (χ3v) is 2.60. The minimum Gasteiger partial charge on any atom is -0.496 e. The van der Waals surface area contributed by atoms with E-state index in [0.29, 0.717) is 11.3 Å². The molecule has 1 aromatic carbocycles. The Morgan fingerprint density at radius 2 is 1.95 bits per heavy atom. The van der Waals surface area contributed by atoms with Crippen molar-refractivity contribution in [2.24, 2.45) is 0 Å². The zero-order valence-electron chi connectivity index (χ0n) is 10.7. The molecule has 0 bridgehead atoms. The smallest absolute Gasteiger partial charge is 0.337 e. The SMILES string of the molecule is COc1ccccc1C(=O)Nc1ccc(C(=O)O)cn1. The highest BCUT2D eigenvalue weighted by molar-refractivity contribution is 6.05. The van der Waals surface area contributed by atoms with Crippen LogP contribution in [-0.4, -0.2) is 29.1 Å². The van der Waals surface area contributed by atoms with Crippen LogP contribution in [0.25, 0.3) is 0 Å². The first-order valence-electron chi connectivity index (χ1n) is 5.75. The molecule has 102 valence electrons. The average Bonchev–Trinajstić information content (AvgIpc) is 2.47. The van der Waals surface area contributed by atoms with Gasteiger partial charge in [-0.2, -0.15) is 0 Å². The molecule has 2 aromatic rings. The van der Waals surface area contributed by atoms with Gasteiger partial charge in [0.25, 0.3) is 5.91 Å². The molecule has 0 fully saturated rings. The van der Waals surface area contributed by atoms with Crippen molar-refractivity contribution in [3.63, 3.8) is 0 Å². The quantitative estimate of drug-likeness (QED) is 0.889. The van der Waals surface area contributed by atoms with E-state index in [1.54, 1.807) is 24.3 Å². The molecule has 2 N–H and O–H groups in total. The van der Waals surface area contributed by atoms with Gasteiger partial charge in [-0.25, -0.2) is 9.78 Å². The Bertz CT molecular complexity index is 638. The summed E-state index contributed by atoms with van der Waals surface area (Å²) in [6.45, 7) is 0. The number of carboxylic acid groups (broad SMARTS) is 1. The van der Waals surface area contributed by atoms with E-state index in [4.69, 9.17) is 9.84 Å². The molecular weight excluding hydrogens is 260 g/mol. The molecule has 1 aromatic heterocycles. The standard InChI is InChI=1S/C14H12N2O4/c1-20-11-5-3-2-4-10(11)13(17)16-12-7-6-9(8-15-12)14(18)19/h2-8H,1H3,(H,18,19)(H,15,16,17). The highest BCUT2D eigenvalue weighted by Gasteiger charge is 2.12. The van der Waals surface area contributed by atoms with Gasteiger partial charge in [0, 0.05) is 6.20 Å². The van der Waals surface area contributed by atoms with Crippen molar-refractivity contribution in [2.75, 3.05) is 12.4 Å². The number of para-hydroxylation sites is 1. The van der Waals surface area contributed by atoms with E-state index in [2.05, 4.69) is 10.3 Å². The Morgan fingerprint density at radius 1 is 1.20 bits per heavy atom. The number of carboxylic acids is 1. The van der Waals surface area contributed by atoms with Crippen molar-refractivity contribution in [3.8, 4) is 5.75 Å². The number of hydrogen-bond acceptors (Lipinski definition) is 4. The number of aromatic carboxylic acids is 1. The second-order valence-electron chi connectivity index (χ2n) is 3.89. The van der Waals surface area contributed by atoms with Gasteiger partial charge in [0.15, 0.2) is 0 Å². The van der Waals surface area contributed by atoms with Crippen molar-refractivity contribution < 1.29 is 19.4 Å². The van der Waals surface area contributed by atoms with Crippen molar-refractivity contribution in [1.82, 2.24) is 4.98 Å². The summed E-state index contributed by atoms with van der Waals surface area (Å²) in [5, 5.41) is 11.3. The van der Waals surface area contributed by atoms with E-state index in [1.807, 2.05) is 0 Å². The van der Waals surface area contributed by atoms with Crippen LogP contribution in [0.3, 0.4) is 0 Å². The molecule has 1 amide bonds. The molecule has 0 saturated heterocycles. The van der Waals surface area contributed by atoms with Gasteiger partial charge in [-0.05, 0) is 24.3 Å². The lowest BCUT2D eigenvalue weighted by molar-refractivity contribution is 0.0696. The molecule has 6 heteroatoms. The zero-order chi connectivity index (χ0) is 14.5. The predicted molar refractivity (Wildman–Crippen MR) is 72.1 cm³/mol. The largest absolute Gasteiger partial charge is 0.496 e. The monoisotopic (exact) mass is 272 g/mol. The number of nitrogens with zero attached hydrogens (tertiary/aromatic N) is 1. The first kappa shape index (κ1) is 13.5. The van der Waals surface area contributed by atoms with Gasteiger partial charge in [-0.1, -0.05) is 12.1 Å². The maximum atomic E-state index is 12.1. The number of carbonyl (C=O) groups excluding carboxylic acids is 1. The number of hydrogen-bond donors (Lipinski definition) is 2. The predicted octanol–water partition coefficient (Wildman–Crippen LogP) is 2.04. The van der Waals surface area contributed by atoms with Crippen LogP contribution in [0, 0.1) is 0 Å². The first-order chi connectivity index (χ1) is 9.61. The third-order valence-electron chi connectivity index (χ3n) is 2.60. The molecule has 2 rings (SSSR count). The Labute approximate surface area is 115 Å². The summed E-state index contributed by atoms with van der Waals surface area (Å²) in [5.41, 5.74) is 0.430. The fourth-order valence-corrected chi connectivity index (χ4v) is 1.61. The van der Waals surface area contributed by atoms with Gasteiger partial charge in [0.2, 0.25) is 0 Å². The van der Waals surface area contributed by atoms with E-state index >= 15 is 0 Å². The summed E-state index contributed by atoms with van der Waals surface area (Å²) >= 11 is 0. The van der Waals surface area contributed by atoms with Crippen LogP contribution in [0.1, 0.15) is 20.7 Å². The number of pyridine rings is 1. The number of aromatic nitrogens is 1. The Kier molecular flexibility index (Phi) is 3.95. The van der Waals surface area contributed by atoms with Crippen LogP contribution in [0.2, 0.25) is 0 Å². The Morgan fingerprint density at radius 3 is 2.55 bits per heavy atom. The number of anilines is 1. The molecule has 0 atom stereocenters. The maximum Gasteiger partial charge on any atom is 0.337 e. The number of amides is 1. The van der Waals surface area contributed by atoms with Crippen LogP contribution in [0.4, 0.5) is 5.82 Å². The van der Waals surface area contributed by atoms with E-state index in [0.717, 1.165) is 0 Å². The normalized spacial score (nSPS) is 9.85. The summed E-state index contributed by atoms with van der Waals surface area (Å²) in [6, 6.07) is 9.58. The molecule has 20 heavy (non-hydrogen) atoms. The first-order valence-corrected chi connectivity index (χ1v) is 5.75. The number of methoxy groups -OCH3 is 1. The average molecular weight is 272 g/mol. The van der Waals surface area contributed by atoms with Crippen LogP contribution in [-0.2, 0) is 0 Å².